The summed E-state index contributed by atoms with van der Waals surface area (Å²) in [6.45, 7) is 0. The summed E-state index contributed by atoms with van der Waals surface area (Å²) in [5.41, 5.74) is 13.4. The fourth-order valence-electron chi connectivity index (χ4n) is 7.65. The second-order valence-corrected chi connectivity index (χ2v) is 13.5. The van der Waals surface area contributed by atoms with Crippen LogP contribution in [0.5, 0.6) is 0 Å². The summed E-state index contributed by atoms with van der Waals surface area (Å²) in [6.07, 6.45) is 18.2. The molecule has 0 heterocycles. The molecule has 1 heteroatoms. The molecule has 0 fully saturated rings. The van der Waals surface area contributed by atoms with Crippen molar-refractivity contribution in [3.63, 3.8) is 0 Å². The number of anilines is 3. The topological polar surface area (TPSA) is 3.24 Å². The molecule has 2 aliphatic carbocycles. The molecule has 0 unspecified atom stereocenters. The van der Waals surface area contributed by atoms with Crippen LogP contribution in [0, 0.1) is 0 Å². The third-order valence-corrected chi connectivity index (χ3v) is 10.3. The summed E-state index contributed by atoms with van der Waals surface area (Å²) < 4.78 is 0. The van der Waals surface area contributed by atoms with Gasteiger partial charge in [0.2, 0.25) is 0 Å². The molecule has 0 radical (unpaired) electrons. The Morgan fingerprint density at radius 3 is 1.31 bits per heavy atom. The van der Waals surface area contributed by atoms with Crippen LogP contribution in [0.4, 0.5) is 17.1 Å². The van der Waals surface area contributed by atoms with E-state index in [2.05, 4.69) is 193 Å². The lowest BCUT2D eigenvalue weighted by Gasteiger charge is -2.26. The lowest BCUT2D eigenvalue weighted by Crippen LogP contribution is -2.10. The summed E-state index contributed by atoms with van der Waals surface area (Å²) in [6, 6.07) is 55.9. The van der Waals surface area contributed by atoms with Crippen LogP contribution in [0.3, 0.4) is 0 Å². The Morgan fingerprint density at radius 2 is 0.784 bits per heavy atom. The standard InChI is InChI=1S/C50H39N/c1-3-11-36(12-4-1)38-19-21-39(22-20-38)41-25-31-45(32-26-41)51(44-29-23-40(24-30-44)37-13-5-2-6-14-37)46-33-27-42(28-34-46)50-35-43-15-7-8-16-47(43)48-17-9-10-18-49(48)50/h3,5,7-35H,1-2,4,6H2. The number of fused-ring (bicyclic) bond motifs is 3. The van der Waals surface area contributed by atoms with Crippen LogP contribution in [-0.2, 0) is 0 Å². The maximum absolute atomic E-state index is 2.37. The fraction of sp³-hybridized carbons (Fsp3) is 0.0800. The Balaban J connectivity index is 1.08. The number of hydrogen-bond donors (Lipinski definition) is 0. The van der Waals surface area contributed by atoms with Gasteiger partial charge in [0.15, 0.2) is 0 Å². The molecule has 9 rings (SSSR count). The van der Waals surface area contributed by atoms with Gasteiger partial charge in [-0.3, -0.25) is 0 Å². The van der Waals surface area contributed by atoms with Gasteiger partial charge in [-0.05, 0) is 134 Å². The van der Waals surface area contributed by atoms with E-state index in [4.69, 9.17) is 0 Å². The van der Waals surface area contributed by atoms with Crippen LogP contribution < -0.4 is 4.90 Å². The third-order valence-electron chi connectivity index (χ3n) is 10.3. The van der Waals surface area contributed by atoms with Crippen molar-refractivity contribution >= 4 is 49.8 Å². The first-order chi connectivity index (χ1) is 25.3. The molecule has 51 heavy (non-hydrogen) atoms. The van der Waals surface area contributed by atoms with Crippen LogP contribution in [0.1, 0.15) is 36.8 Å². The Labute approximate surface area is 300 Å². The normalized spacial score (nSPS) is 14.0. The Kier molecular flexibility index (Phi) is 8.24. The van der Waals surface area contributed by atoms with Crippen molar-refractivity contribution in [3.05, 3.63) is 199 Å². The molecule has 0 atom stereocenters. The highest BCUT2D eigenvalue weighted by atomic mass is 15.1. The lowest BCUT2D eigenvalue weighted by atomic mass is 9.93. The second-order valence-electron chi connectivity index (χ2n) is 13.5. The Bertz CT molecular complexity index is 2470. The van der Waals surface area contributed by atoms with Crippen molar-refractivity contribution in [2.45, 2.75) is 25.7 Å². The SMILES string of the molecule is C1=CC(c2ccc(-c3ccc(N(c4ccc(C5=CCCC=C5)cc4)c4ccc(-c5cc6ccccc6c6ccccc56)cc4)cc3)cc2)=CCC1. The molecular weight excluding hydrogens is 615 g/mol. The fourth-order valence-corrected chi connectivity index (χ4v) is 7.65. The predicted octanol–water partition coefficient (Wildman–Crippen LogP) is 14.3. The van der Waals surface area contributed by atoms with Gasteiger partial charge in [0.05, 0.1) is 0 Å². The first kappa shape index (κ1) is 30.8. The number of rotatable bonds is 7. The highest BCUT2D eigenvalue weighted by molar-refractivity contribution is 6.13. The van der Waals surface area contributed by atoms with E-state index in [1.807, 2.05) is 0 Å². The largest absolute Gasteiger partial charge is 0.311 e. The molecule has 244 valence electrons. The van der Waals surface area contributed by atoms with Gasteiger partial charge >= 0.3 is 0 Å². The van der Waals surface area contributed by atoms with Crippen molar-refractivity contribution in [1.82, 2.24) is 0 Å². The van der Waals surface area contributed by atoms with E-state index in [9.17, 15) is 0 Å². The predicted molar refractivity (Wildman–Crippen MR) is 220 cm³/mol. The molecule has 0 N–H and O–H groups in total. The summed E-state index contributed by atoms with van der Waals surface area (Å²) >= 11 is 0. The minimum absolute atomic E-state index is 1.10. The highest BCUT2D eigenvalue weighted by Crippen LogP contribution is 2.40. The number of allylic oxidation sites excluding steroid dienone is 8. The monoisotopic (exact) mass is 653 g/mol. The Morgan fingerprint density at radius 1 is 0.353 bits per heavy atom. The van der Waals surface area contributed by atoms with Gasteiger partial charge in [0, 0.05) is 17.1 Å². The zero-order valence-corrected chi connectivity index (χ0v) is 28.7. The molecule has 2 aliphatic rings. The molecule has 0 amide bonds. The van der Waals surface area contributed by atoms with Gasteiger partial charge in [-0.2, -0.15) is 0 Å². The summed E-state index contributed by atoms with van der Waals surface area (Å²) in [4.78, 5) is 2.37. The molecule has 7 aromatic carbocycles. The maximum atomic E-state index is 2.37. The number of benzene rings is 7. The maximum Gasteiger partial charge on any atom is 0.0462 e. The van der Waals surface area contributed by atoms with Crippen molar-refractivity contribution < 1.29 is 0 Å². The molecule has 0 aliphatic heterocycles. The molecular formula is C50H39N. The highest BCUT2D eigenvalue weighted by Gasteiger charge is 2.15. The van der Waals surface area contributed by atoms with Crippen molar-refractivity contribution in [3.8, 4) is 22.3 Å². The molecule has 1 nitrogen and oxygen atoms in total. The molecule has 0 spiro atoms. The van der Waals surface area contributed by atoms with Gasteiger partial charge in [0.25, 0.3) is 0 Å². The van der Waals surface area contributed by atoms with Gasteiger partial charge in [-0.1, -0.05) is 146 Å². The lowest BCUT2D eigenvalue weighted by molar-refractivity contribution is 1.04. The van der Waals surface area contributed by atoms with Crippen molar-refractivity contribution in [2.75, 3.05) is 4.90 Å². The average Bonchev–Trinajstić information content (AvgIpc) is 3.22. The van der Waals surface area contributed by atoms with E-state index in [0.717, 1.165) is 42.7 Å². The molecule has 0 aromatic heterocycles. The first-order valence-corrected chi connectivity index (χ1v) is 18.1. The number of nitrogens with zero attached hydrogens (tertiary/aromatic N) is 1. The van der Waals surface area contributed by atoms with Crippen LogP contribution in [-0.4, -0.2) is 0 Å². The first-order valence-electron chi connectivity index (χ1n) is 18.1. The molecule has 0 saturated carbocycles. The summed E-state index contributed by atoms with van der Waals surface area (Å²) in [5, 5.41) is 5.12. The third kappa shape index (κ3) is 6.13. The van der Waals surface area contributed by atoms with E-state index in [-0.39, 0.29) is 0 Å². The molecule has 0 bridgehead atoms. The van der Waals surface area contributed by atoms with E-state index in [1.165, 1.54) is 66.1 Å². The van der Waals surface area contributed by atoms with E-state index >= 15 is 0 Å². The van der Waals surface area contributed by atoms with E-state index < -0.39 is 0 Å². The van der Waals surface area contributed by atoms with Crippen LogP contribution in [0.2, 0.25) is 0 Å². The van der Waals surface area contributed by atoms with Gasteiger partial charge in [-0.15, -0.1) is 0 Å². The molecule has 7 aromatic rings. The second kappa shape index (κ2) is 13.6. The average molecular weight is 654 g/mol. The van der Waals surface area contributed by atoms with Crippen LogP contribution in [0.15, 0.2) is 188 Å². The van der Waals surface area contributed by atoms with Gasteiger partial charge in [0.1, 0.15) is 0 Å². The van der Waals surface area contributed by atoms with Gasteiger partial charge in [-0.25, -0.2) is 0 Å². The smallest absolute Gasteiger partial charge is 0.0462 e. The quantitative estimate of drug-likeness (QED) is 0.155. The van der Waals surface area contributed by atoms with Crippen LogP contribution >= 0.6 is 0 Å². The number of hydrogen-bond acceptors (Lipinski definition) is 1. The Hall–Kier alpha value is -6.18. The molecule has 0 saturated heterocycles. The van der Waals surface area contributed by atoms with Crippen molar-refractivity contribution in [2.24, 2.45) is 0 Å². The zero-order chi connectivity index (χ0) is 34.0. The van der Waals surface area contributed by atoms with E-state index in [1.54, 1.807) is 0 Å². The van der Waals surface area contributed by atoms with Gasteiger partial charge < -0.3 is 4.90 Å². The summed E-state index contributed by atoms with van der Waals surface area (Å²) in [7, 11) is 0. The zero-order valence-electron chi connectivity index (χ0n) is 28.7. The van der Waals surface area contributed by atoms with E-state index in [0.29, 0.717) is 0 Å². The minimum Gasteiger partial charge on any atom is -0.311 e. The minimum atomic E-state index is 1.10. The summed E-state index contributed by atoms with van der Waals surface area (Å²) in [5.74, 6) is 0. The van der Waals surface area contributed by atoms with Crippen LogP contribution in [0.25, 0.3) is 54.9 Å². The van der Waals surface area contributed by atoms with Crippen molar-refractivity contribution in [1.29, 1.82) is 0 Å².